The summed E-state index contributed by atoms with van der Waals surface area (Å²) in [4.78, 5) is 22.4. The van der Waals surface area contributed by atoms with Gasteiger partial charge in [-0.15, -0.1) is 0 Å². The van der Waals surface area contributed by atoms with Crippen molar-refractivity contribution >= 4 is 33.2 Å². The number of carbonyl (C=O) groups is 1. The number of rotatable bonds is 3. The van der Waals surface area contributed by atoms with E-state index >= 15 is 0 Å². The summed E-state index contributed by atoms with van der Waals surface area (Å²) in [5.41, 5.74) is -0.292. The first kappa shape index (κ1) is 13.4. The van der Waals surface area contributed by atoms with Crippen LogP contribution in [0.25, 0.3) is 0 Å². The van der Waals surface area contributed by atoms with E-state index in [4.69, 9.17) is 13.9 Å². The van der Waals surface area contributed by atoms with Crippen LogP contribution in [0.1, 0.15) is 10.6 Å². The number of halogens is 1. The summed E-state index contributed by atoms with van der Waals surface area (Å²) in [6.45, 7) is -0.0188. The second-order valence-corrected chi connectivity index (χ2v) is 4.82. The Kier molecular flexibility index (Phi) is 3.26. The smallest absolute Gasteiger partial charge is 0.296 e. The molecule has 1 aromatic carbocycles. The Balaban J connectivity index is 1.94. The number of furan rings is 1. The summed E-state index contributed by atoms with van der Waals surface area (Å²) >= 11 is 3.07. The zero-order chi connectivity index (χ0) is 15.0. The molecule has 0 unspecified atom stereocenters. The highest BCUT2D eigenvalue weighted by atomic mass is 79.9. The molecule has 2 aromatic rings. The summed E-state index contributed by atoms with van der Waals surface area (Å²) < 4.78 is 15.7. The molecular formula is C12H7BrN2O6. The van der Waals surface area contributed by atoms with Crippen molar-refractivity contribution in [2.24, 2.45) is 0 Å². The van der Waals surface area contributed by atoms with Crippen molar-refractivity contribution in [2.45, 2.75) is 0 Å². The molecule has 1 amide bonds. The van der Waals surface area contributed by atoms with E-state index in [1.807, 2.05) is 0 Å². The maximum absolute atomic E-state index is 12.0. The number of fused-ring (bicyclic) bond motifs is 1. The van der Waals surface area contributed by atoms with Gasteiger partial charge >= 0.3 is 0 Å². The lowest BCUT2D eigenvalue weighted by Gasteiger charge is -2.05. The molecular weight excluding hydrogens is 348 g/mol. The Morgan fingerprint density at radius 3 is 2.62 bits per heavy atom. The van der Waals surface area contributed by atoms with Gasteiger partial charge in [-0.3, -0.25) is 14.9 Å². The van der Waals surface area contributed by atoms with Crippen molar-refractivity contribution in [2.75, 3.05) is 12.1 Å². The molecule has 1 N–H and O–H groups in total. The minimum absolute atomic E-state index is 0.00164. The van der Waals surface area contributed by atoms with Crippen LogP contribution in [0, 0.1) is 10.1 Å². The lowest BCUT2D eigenvalue weighted by molar-refractivity contribution is -0.384. The number of nitro benzene ring substituents is 1. The SMILES string of the molecule is O=C(Nc1cc2c(cc1[N+](=O)[O-])OCO2)c1ccc(Br)o1. The van der Waals surface area contributed by atoms with Crippen LogP contribution in [-0.4, -0.2) is 17.6 Å². The third kappa shape index (κ3) is 2.55. The highest BCUT2D eigenvalue weighted by Crippen LogP contribution is 2.40. The Hall–Kier alpha value is -2.55. The average Bonchev–Trinajstić information content (AvgIpc) is 3.05. The number of hydrogen-bond acceptors (Lipinski definition) is 6. The van der Waals surface area contributed by atoms with Gasteiger partial charge < -0.3 is 19.2 Å². The van der Waals surface area contributed by atoms with E-state index in [1.165, 1.54) is 18.2 Å². The fourth-order valence-electron chi connectivity index (χ4n) is 1.80. The number of carbonyl (C=O) groups excluding carboxylic acids is 1. The van der Waals surface area contributed by atoms with Crippen LogP contribution in [-0.2, 0) is 0 Å². The van der Waals surface area contributed by atoms with Crippen molar-refractivity contribution in [1.29, 1.82) is 0 Å². The number of hydrogen-bond donors (Lipinski definition) is 1. The molecule has 9 heteroatoms. The van der Waals surface area contributed by atoms with Crippen LogP contribution in [0.3, 0.4) is 0 Å². The summed E-state index contributed by atoms with van der Waals surface area (Å²) in [6.07, 6.45) is 0. The van der Waals surface area contributed by atoms with Gasteiger partial charge in [0.25, 0.3) is 11.6 Å². The van der Waals surface area contributed by atoms with Gasteiger partial charge in [0.15, 0.2) is 21.9 Å². The molecule has 0 atom stereocenters. The third-order valence-corrected chi connectivity index (χ3v) is 3.16. The number of nitro groups is 1. The minimum Gasteiger partial charge on any atom is -0.454 e. The monoisotopic (exact) mass is 354 g/mol. The van der Waals surface area contributed by atoms with Gasteiger partial charge in [-0.05, 0) is 28.1 Å². The zero-order valence-electron chi connectivity index (χ0n) is 10.3. The molecule has 1 aliphatic rings. The second kappa shape index (κ2) is 5.09. The molecule has 0 saturated heterocycles. The van der Waals surface area contributed by atoms with Crippen molar-refractivity contribution in [3.63, 3.8) is 0 Å². The van der Waals surface area contributed by atoms with E-state index in [9.17, 15) is 14.9 Å². The summed E-state index contributed by atoms with van der Waals surface area (Å²) in [5.74, 6) is 0.00784. The second-order valence-electron chi connectivity index (χ2n) is 4.04. The maximum atomic E-state index is 12.0. The highest BCUT2D eigenvalue weighted by molar-refractivity contribution is 9.10. The lowest BCUT2D eigenvalue weighted by atomic mass is 10.2. The average molecular weight is 355 g/mol. The molecule has 0 aliphatic carbocycles. The molecule has 0 fully saturated rings. The van der Waals surface area contributed by atoms with Crippen LogP contribution in [0.2, 0.25) is 0 Å². The minimum atomic E-state index is -0.615. The van der Waals surface area contributed by atoms with E-state index in [2.05, 4.69) is 21.2 Å². The van der Waals surface area contributed by atoms with E-state index in [0.29, 0.717) is 10.4 Å². The Morgan fingerprint density at radius 2 is 2.00 bits per heavy atom. The molecule has 0 spiro atoms. The molecule has 108 valence electrons. The van der Waals surface area contributed by atoms with E-state index in [1.54, 1.807) is 6.07 Å². The molecule has 0 radical (unpaired) electrons. The molecule has 8 nitrogen and oxygen atoms in total. The van der Waals surface area contributed by atoms with Crippen LogP contribution < -0.4 is 14.8 Å². The number of ether oxygens (including phenoxy) is 2. The zero-order valence-corrected chi connectivity index (χ0v) is 11.9. The Morgan fingerprint density at radius 1 is 1.29 bits per heavy atom. The molecule has 1 aromatic heterocycles. The lowest BCUT2D eigenvalue weighted by Crippen LogP contribution is -2.12. The van der Waals surface area contributed by atoms with Gasteiger partial charge in [0.1, 0.15) is 5.69 Å². The van der Waals surface area contributed by atoms with E-state index < -0.39 is 10.8 Å². The Labute approximate surface area is 125 Å². The molecule has 3 rings (SSSR count). The van der Waals surface area contributed by atoms with Crippen LogP contribution >= 0.6 is 15.9 Å². The standard InChI is InChI=1S/C12H7BrN2O6/c13-11-2-1-8(21-11)12(16)14-6-3-9-10(20-5-19-9)4-7(6)15(17)18/h1-4H,5H2,(H,14,16). The van der Waals surface area contributed by atoms with Crippen LogP contribution in [0.5, 0.6) is 11.5 Å². The number of benzene rings is 1. The number of nitrogens with zero attached hydrogens (tertiary/aromatic N) is 1. The summed E-state index contributed by atoms with van der Waals surface area (Å²) in [7, 11) is 0. The van der Waals surface area contributed by atoms with Gasteiger partial charge in [0.05, 0.1) is 11.0 Å². The van der Waals surface area contributed by atoms with Gasteiger partial charge in [-0.1, -0.05) is 0 Å². The quantitative estimate of drug-likeness (QED) is 0.671. The van der Waals surface area contributed by atoms with Crippen molar-refractivity contribution in [1.82, 2.24) is 0 Å². The van der Waals surface area contributed by atoms with Crippen LogP contribution in [0.4, 0.5) is 11.4 Å². The van der Waals surface area contributed by atoms with Crippen molar-refractivity contribution < 1.29 is 23.6 Å². The molecule has 2 heterocycles. The van der Waals surface area contributed by atoms with Gasteiger partial charge in [-0.2, -0.15) is 0 Å². The van der Waals surface area contributed by atoms with Gasteiger partial charge in [0.2, 0.25) is 6.79 Å². The summed E-state index contributed by atoms with van der Waals surface area (Å²) in [5, 5.41) is 13.5. The van der Waals surface area contributed by atoms with Crippen molar-refractivity contribution in [3.05, 3.63) is 44.8 Å². The fourth-order valence-corrected chi connectivity index (χ4v) is 2.11. The van der Waals surface area contributed by atoms with Gasteiger partial charge in [-0.25, -0.2) is 0 Å². The first-order chi connectivity index (χ1) is 10.0. The molecule has 1 aliphatic heterocycles. The van der Waals surface area contributed by atoms with Crippen molar-refractivity contribution in [3.8, 4) is 11.5 Å². The third-order valence-electron chi connectivity index (χ3n) is 2.73. The molecule has 0 saturated carbocycles. The predicted octanol–water partition coefficient (Wildman–Crippen LogP) is 2.93. The first-order valence-electron chi connectivity index (χ1n) is 5.69. The van der Waals surface area contributed by atoms with E-state index in [-0.39, 0.29) is 29.7 Å². The molecule has 0 bridgehead atoms. The number of anilines is 1. The normalized spacial score (nSPS) is 12.2. The Bertz CT molecular complexity index is 741. The highest BCUT2D eigenvalue weighted by Gasteiger charge is 2.25. The molecule has 21 heavy (non-hydrogen) atoms. The first-order valence-corrected chi connectivity index (χ1v) is 6.48. The van der Waals surface area contributed by atoms with Gasteiger partial charge in [0, 0.05) is 6.07 Å². The number of amides is 1. The number of nitrogens with one attached hydrogen (secondary N) is 1. The topological polar surface area (TPSA) is 104 Å². The predicted molar refractivity (Wildman–Crippen MR) is 73.6 cm³/mol. The fraction of sp³-hybridized carbons (Fsp3) is 0.0833. The van der Waals surface area contributed by atoms with Crippen LogP contribution in [0.15, 0.2) is 33.4 Å². The van der Waals surface area contributed by atoms with E-state index in [0.717, 1.165) is 0 Å². The largest absolute Gasteiger partial charge is 0.454 e. The maximum Gasteiger partial charge on any atom is 0.296 e. The summed E-state index contributed by atoms with van der Waals surface area (Å²) in [6, 6.07) is 5.54.